The van der Waals surface area contributed by atoms with Gasteiger partial charge in [0.05, 0.1) is 10.6 Å². The third kappa shape index (κ3) is 6.07. The van der Waals surface area contributed by atoms with Gasteiger partial charge >= 0.3 is 5.97 Å². The molecule has 3 rings (SSSR count). The number of para-hydroxylation sites is 1. The monoisotopic (exact) mass is 494 g/mol. The van der Waals surface area contributed by atoms with Crippen LogP contribution in [0.25, 0.3) is 0 Å². The maximum atomic E-state index is 13.5. The number of benzene rings is 2. The standard InChI is InChI=1S/C23H27FN2O5S2/c1-3-5-9-16-14-26(17-10-7-6-8-11-17)19-12-21(32-4-2)20(31-15-18(24)23(27)28)13-22(19)33(29,30)25-16/h6-8,10-13,15-16,25H,3-5,9,14H2,1-2H3,(H,27,28)/b18-15-/t16-/m1/s1. The molecule has 7 nitrogen and oxygen atoms in total. The molecule has 1 heterocycles. The topological polar surface area (TPSA) is 95.9 Å². The number of sulfonamides is 1. The lowest BCUT2D eigenvalue weighted by Crippen LogP contribution is -2.39. The average Bonchev–Trinajstić information content (AvgIpc) is 2.90. The van der Waals surface area contributed by atoms with Crippen LogP contribution in [-0.2, 0) is 14.8 Å². The molecule has 33 heavy (non-hydrogen) atoms. The van der Waals surface area contributed by atoms with E-state index in [-0.39, 0.29) is 16.7 Å². The minimum absolute atomic E-state index is 0.00932. The summed E-state index contributed by atoms with van der Waals surface area (Å²) in [4.78, 5) is 13.3. The molecule has 10 heteroatoms. The number of hydrogen-bond acceptors (Lipinski definition) is 6. The van der Waals surface area contributed by atoms with Gasteiger partial charge in [0.1, 0.15) is 16.9 Å². The summed E-state index contributed by atoms with van der Waals surface area (Å²) in [5, 5.41) is 8.76. The Morgan fingerprint density at radius 3 is 2.67 bits per heavy atom. The van der Waals surface area contributed by atoms with Crippen LogP contribution in [0, 0.1) is 0 Å². The minimum Gasteiger partial charge on any atom is -0.476 e. The molecule has 1 aliphatic heterocycles. The van der Waals surface area contributed by atoms with Crippen LogP contribution in [0.2, 0.25) is 0 Å². The first-order chi connectivity index (χ1) is 15.8. The Morgan fingerprint density at radius 2 is 2.03 bits per heavy atom. The zero-order chi connectivity index (χ0) is 24.0. The van der Waals surface area contributed by atoms with Crippen molar-refractivity contribution in [2.45, 2.75) is 48.9 Å². The summed E-state index contributed by atoms with van der Waals surface area (Å²) >= 11 is 1.39. The number of nitrogens with one attached hydrogen (secondary N) is 1. The van der Waals surface area contributed by atoms with Gasteiger partial charge in [-0.15, -0.1) is 11.8 Å². The van der Waals surface area contributed by atoms with Crippen LogP contribution >= 0.6 is 11.8 Å². The molecule has 2 N–H and O–H groups in total. The highest BCUT2D eigenvalue weighted by Gasteiger charge is 2.33. The van der Waals surface area contributed by atoms with Crippen molar-refractivity contribution in [2.24, 2.45) is 0 Å². The Balaban J connectivity index is 2.18. The molecule has 0 bridgehead atoms. The summed E-state index contributed by atoms with van der Waals surface area (Å²) < 4.78 is 48.3. The van der Waals surface area contributed by atoms with Crippen LogP contribution in [0.3, 0.4) is 0 Å². The molecule has 2 aromatic rings. The molecule has 1 aliphatic rings. The number of thioether (sulfide) groups is 1. The minimum atomic E-state index is -3.92. The molecule has 2 aromatic carbocycles. The molecule has 0 aromatic heterocycles. The van der Waals surface area contributed by atoms with E-state index in [0.717, 1.165) is 18.5 Å². The van der Waals surface area contributed by atoms with E-state index in [2.05, 4.69) is 11.6 Å². The highest BCUT2D eigenvalue weighted by atomic mass is 32.2. The van der Waals surface area contributed by atoms with Crippen LogP contribution in [-0.4, -0.2) is 37.8 Å². The number of carbonyl (C=O) groups is 1. The highest BCUT2D eigenvalue weighted by Crippen LogP contribution is 2.42. The van der Waals surface area contributed by atoms with Crippen LogP contribution in [0.15, 0.2) is 64.3 Å². The number of halogens is 1. The fourth-order valence-corrected chi connectivity index (χ4v) is 5.79. The van der Waals surface area contributed by atoms with E-state index in [1.165, 1.54) is 17.8 Å². The van der Waals surface area contributed by atoms with E-state index in [4.69, 9.17) is 9.84 Å². The van der Waals surface area contributed by atoms with Crippen molar-refractivity contribution in [3.8, 4) is 5.75 Å². The molecule has 1 atom stereocenters. The number of rotatable bonds is 9. The molecule has 0 aliphatic carbocycles. The number of ether oxygens (including phenoxy) is 1. The number of nitrogens with zero attached hydrogens (tertiary/aromatic N) is 1. The maximum absolute atomic E-state index is 13.5. The van der Waals surface area contributed by atoms with Crippen molar-refractivity contribution in [3.05, 3.63) is 54.6 Å². The summed E-state index contributed by atoms with van der Waals surface area (Å²) in [6.45, 7) is 4.42. The van der Waals surface area contributed by atoms with Gasteiger partial charge in [-0.1, -0.05) is 44.9 Å². The number of carboxylic acids is 1. The summed E-state index contributed by atoms with van der Waals surface area (Å²) in [5.74, 6) is -2.53. The summed E-state index contributed by atoms with van der Waals surface area (Å²) in [6.07, 6.45) is 2.96. The molecule has 0 radical (unpaired) electrons. The van der Waals surface area contributed by atoms with Gasteiger partial charge in [0.2, 0.25) is 15.9 Å². The van der Waals surface area contributed by atoms with Gasteiger partial charge in [-0.05, 0) is 30.4 Å². The van der Waals surface area contributed by atoms with Gasteiger partial charge in [-0.25, -0.2) is 17.9 Å². The molecule has 0 fully saturated rings. The average molecular weight is 495 g/mol. The largest absolute Gasteiger partial charge is 0.476 e. The number of unbranched alkanes of at least 4 members (excludes halogenated alkanes) is 1. The second kappa shape index (κ2) is 11.0. The van der Waals surface area contributed by atoms with Crippen LogP contribution in [0.5, 0.6) is 5.75 Å². The fraction of sp³-hybridized carbons (Fsp3) is 0.348. The molecular weight excluding hydrogens is 467 g/mol. The number of anilines is 2. The van der Waals surface area contributed by atoms with Crippen molar-refractivity contribution in [3.63, 3.8) is 0 Å². The first-order valence-electron chi connectivity index (χ1n) is 10.7. The molecular formula is C23H27FN2O5S2. The first-order valence-corrected chi connectivity index (χ1v) is 13.1. The van der Waals surface area contributed by atoms with Crippen LogP contribution in [0.1, 0.15) is 33.1 Å². The molecule has 0 saturated carbocycles. The van der Waals surface area contributed by atoms with Gasteiger partial charge < -0.3 is 14.7 Å². The highest BCUT2D eigenvalue weighted by molar-refractivity contribution is 7.99. The fourth-order valence-electron chi connectivity index (χ4n) is 3.57. The molecule has 0 spiro atoms. The summed E-state index contributed by atoms with van der Waals surface area (Å²) in [7, 11) is -3.92. The lowest BCUT2D eigenvalue weighted by atomic mass is 10.1. The molecule has 0 amide bonds. The Hall–Kier alpha value is -2.56. The smallest absolute Gasteiger partial charge is 0.368 e. The van der Waals surface area contributed by atoms with E-state index in [1.54, 1.807) is 6.07 Å². The Kier molecular flexibility index (Phi) is 8.39. The Morgan fingerprint density at radius 1 is 1.30 bits per heavy atom. The number of hydrogen-bond donors (Lipinski definition) is 2. The van der Waals surface area contributed by atoms with Crippen molar-refractivity contribution < 1.29 is 27.4 Å². The molecule has 178 valence electrons. The maximum Gasteiger partial charge on any atom is 0.368 e. The summed E-state index contributed by atoms with van der Waals surface area (Å²) in [5.41, 5.74) is 1.33. The zero-order valence-electron chi connectivity index (χ0n) is 18.5. The predicted molar refractivity (Wildman–Crippen MR) is 127 cm³/mol. The normalized spacial score (nSPS) is 17.8. The van der Waals surface area contributed by atoms with Crippen LogP contribution < -0.4 is 14.4 Å². The van der Waals surface area contributed by atoms with Crippen molar-refractivity contribution >= 4 is 39.1 Å². The van der Waals surface area contributed by atoms with Crippen molar-refractivity contribution in [1.82, 2.24) is 4.72 Å². The zero-order valence-corrected chi connectivity index (χ0v) is 20.1. The number of fused-ring (bicyclic) bond motifs is 1. The van der Waals surface area contributed by atoms with Gasteiger partial charge in [0.25, 0.3) is 0 Å². The number of aliphatic carboxylic acids is 1. The second-order valence-corrected chi connectivity index (χ2v) is 10.5. The third-order valence-corrected chi connectivity index (χ3v) is 7.57. The van der Waals surface area contributed by atoms with E-state index in [0.29, 0.717) is 35.6 Å². The van der Waals surface area contributed by atoms with Gasteiger partial charge in [0, 0.05) is 24.3 Å². The van der Waals surface area contributed by atoms with E-state index in [1.807, 2.05) is 42.2 Å². The lowest BCUT2D eigenvalue weighted by molar-refractivity contribution is -0.134. The van der Waals surface area contributed by atoms with E-state index >= 15 is 0 Å². The van der Waals surface area contributed by atoms with Crippen LogP contribution in [0.4, 0.5) is 15.8 Å². The SMILES string of the molecule is CCCC[C@@H]1CN(c2ccccc2)c2cc(SCC)c(O/C=C(\F)C(=O)O)cc2S(=O)(=O)N1. The van der Waals surface area contributed by atoms with E-state index < -0.39 is 21.8 Å². The quantitative estimate of drug-likeness (QED) is 0.286. The van der Waals surface area contributed by atoms with Gasteiger partial charge in [-0.3, -0.25) is 0 Å². The third-order valence-electron chi connectivity index (χ3n) is 5.10. The molecule has 0 unspecified atom stereocenters. The van der Waals surface area contributed by atoms with Crippen molar-refractivity contribution in [1.29, 1.82) is 0 Å². The Bertz CT molecular complexity index is 1120. The lowest BCUT2D eigenvalue weighted by Gasteiger charge is -2.27. The summed E-state index contributed by atoms with van der Waals surface area (Å²) in [6, 6.07) is 12.2. The molecule has 0 saturated heterocycles. The van der Waals surface area contributed by atoms with Crippen molar-refractivity contribution in [2.75, 3.05) is 17.2 Å². The predicted octanol–water partition coefficient (Wildman–Crippen LogP) is 5.06. The van der Waals surface area contributed by atoms with Gasteiger partial charge in [-0.2, -0.15) is 4.39 Å². The Labute approximate surface area is 197 Å². The van der Waals surface area contributed by atoms with Gasteiger partial charge in [0.15, 0.2) is 0 Å². The first kappa shape index (κ1) is 25.1. The number of carboxylic acid groups (broad SMARTS) is 1. The second-order valence-electron chi connectivity index (χ2n) is 7.50. The van der Waals surface area contributed by atoms with E-state index in [9.17, 15) is 17.6 Å².